The van der Waals surface area contributed by atoms with Crippen LogP contribution in [0.1, 0.15) is 22.3 Å². The van der Waals surface area contributed by atoms with E-state index in [2.05, 4.69) is 16.2 Å². The lowest BCUT2D eigenvalue weighted by atomic mass is 10.1. The number of nitrogens with two attached hydrogens (primary N) is 1. The van der Waals surface area contributed by atoms with E-state index in [9.17, 15) is 13.6 Å². The Morgan fingerprint density at radius 1 is 1.36 bits per heavy atom. The predicted octanol–water partition coefficient (Wildman–Crippen LogP) is 3.35. The van der Waals surface area contributed by atoms with E-state index in [1.54, 1.807) is 23.1 Å². The third kappa shape index (κ3) is 3.30. The lowest BCUT2D eigenvalue weighted by Gasteiger charge is -2.19. The minimum atomic E-state index is -0.932. The molecule has 3 aromatic rings. The Morgan fingerprint density at radius 2 is 2.11 bits per heavy atom. The van der Waals surface area contributed by atoms with Crippen molar-refractivity contribution >= 4 is 38.3 Å². The molecule has 0 saturated carbocycles. The number of hydrogen-bond acceptors (Lipinski definition) is 5. The van der Waals surface area contributed by atoms with Crippen LogP contribution in [0, 0.1) is 24.0 Å². The van der Waals surface area contributed by atoms with Crippen LogP contribution >= 0.6 is 11.3 Å². The van der Waals surface area contributed by atoms with Crippen molar-refractivity contribution < 1.29 is 13.6 Å². The fourth-order valence-corrected chi connectivity index (χ4v) is 4.15. The number of hydrogen-bond donors (Lipinski definition) is 2. The molecular weight excluding hydrogens is 382 g/mol. The molecule has 2 heterocycles. The highest BCUT2D eigenvalue weighted by molar-refractivity contribution is 7.22. The topological polar surface area (TPSA) is 71.2 Å². The van der Waals surface area contributed by atoms with Crippen molar-refractivity contribution in [3.63, 3.8) is 0 Å². The number of nitrogens with zero attached hydrogens (tertiary/aromatic N) is 2. The van der Waals surface area contributed by atoms with Crippen molar-refractivity contribution in [2.45, 2.75) is 12.5 Å². The number of rotatable bonds is 3. The summed E-state index contributed by atoms with van der Waals surface area (Å²) in [6.07, 6.45) is 6.20. The number of terminal acetylenes is 1. The third-order valence-corrected chi connectivity index (χ3v) is 5.57. The van der Waals surface area contributed by atoms with E-state index >= 15 is 0 Å². The van der Waals surface area contributed by atoms with E-state index in [0.717, 1.165) is 23.3 Å². The van der Waals surface area contributed by atoms with E-state index in [0.29, 0.717) is 29.9 Å². The van der Waals surface area contributed by atoms with Gasteiger partial charge in [-0.1, -0.05) is 23.3 Å². The van der Waals surface area contributed by atoms with Crippen molar-refractivity contribution in [2.75, 3.05) is 23.3 Å². The molecule has 4 rings (SSSR count). The van der Waals surface area contributed by atoms with Gasteiger partial charge >= 0.3 is 0 Å². The van der Waals surface area contributed by atoms with Gasteiger partial charge in [0, 0.05) is 24.8 Å². The minimum Gasteiger partial charge on any atom is -0.370 e. The molecule has 0 unspecified atom stereocenters. The van der Waals surface area contributed by atoms with Crippen molar-refractivity contribution in [3.05, 3.63) is 53.1 Å². The molecule has 1 atom stereocenters. The summed E-state index contributed by atoms with van der Waals surface area (Å²) in [5.41, 5.74) is 6.71. The summed E-state index contributed by atoms with van der Waals surface area (Å²) < 4.78 is 29.8. The molecule has 1 aliphatic rings. The molecule has 0 bridgehead atoms. The van der Waals surface area contributed by atoms with Crippen LogP contribution in [0.5, 0.6) is 0 Å². The zero-order valence-corrected chi connectivity index (χ0v) is 15.5. The van der Waals surface area contributed by atoms with Crippen LogP contribution in [-0.4, -0.2) is 30.0 Å². The second-order valence-electron chi connectivity index (χ2n) is 6.55. The largest absolute Gasteiger partial charge is 0.370 e. The van der Waals surface area contributed by atoms with Crippen LogP contribution in [-0.2, 0) is 0 Å². The van der Waals surface area contributed by atoms with Gasteiger partial charge in [-0.15, -0.1) is 6.42 Å². The summed E-state index contributed by atoms with van der Waals surface area (Å²) in [5, 5.41) is 2.68. The van der Waals surface area contributed by atoms with Gasteiger partial charge in [-0.25, -0.2) is 13.8 Å². The van der Waals surface area contributed by atoms with Gasteiger partial charge in [0.25, 0.3) is 5.91 Å². The minimum absolute atomic E-state index is 0.0268. The summed E-state index contributed by atoms with van der Waals surface area (Å²) in [7, 11) is 0. The first-order valence-corrected chi connectivity index (χ1v) is 9.45. The Hall–Kier alpha value is -3.02. The van der Waals surface area contributed by atoms with Gasteiger partial charge < -0.3 is 10.6 Å². The Bertz CT molecular complexity index is 1100. The van der Waals surface area contributed by atoms with Gasteiger partial charge in [0.1, 0.15) is 17.2 Å². The number of para-hydroxylation sites is 1. The summed E-state index contributed by atoms with van der Waals surface area (Å²) in [6, 6.07) is 7.61. The molecule has 2 aromatic carbocycles. The van der Waals surface area contributed by atoms with Crippen molar-refractivity contribution in [1.29, 1.82) is 0 Å². The zero-order chi connectivity index (χ0) is 19.8. The van der Waals surface area contributed by atoms with E-state index in [-0.39, 0.29) is 11.2 Å². The number of carbonyl (C=O) groups excluding carboxylic acids is 1. The Labute approximate surface area is 164 Å². The smallest absolute Gasteiger partial charge is 0.263 e. The molecule has 1 aliphatic heterocycles. The highest BCUT2D eigenvalue weighted by Crippen LogP contribution is 2.30. The van der Waals surface area contributed by atoms with Crippen LogP contribution in [0.4, 0.5) is 19.6 Å². The fraction of sp³-hybridized carbons (Fsp3) is 0.200. The van der Waals surface area contributed by atoms with Crippen LogP contribution in [0.2, 0.25) is 0 Å². The van der Waals surface area contributed by atoms with E-state index in [4.69, 9.17) is 12.2 Å². The average Bonchev–Trinajstić information content (AvgIpc) is 3.26. The number of aromatic nitrogens is 1. The first-order chi connectivity index (χ1) is 13.5. The lowest BCUT2D eigenvalue weighted by Crippen LogP contribution is -2.26. The molecule has 0 radical (unpaired) electrons. The SMILES string of the molecule is C#Cc1cccc2sc(NC(=O)c3c(F)cc(N4CC[C@@H](N)C4)cc3F)nc12. The molecule has 3 N–H and O–H groups in total. The molecule has 142 valence electrons. The number of thiazole rings is 1. The number of anilines is 2. The fourth-order valence-electron chi connectivity index (χ4n) is 3.26. The molecule has 1 amide bonds. The molecule has 0 aliphatic carbocycles. The highest BCUT2D eigenvalue weighted by atomic mass is 32.1. The molecule has 0 spiro atoms. The summed E-state index contributed by atoms with van der Waals surface area (Å²) in [4.78, 5) is 18.5. The van der Waals surface area contributed by atoms with Gasteiger partial charge in [0.05, 0.1) is 15.8 Å². The first-order valence-electron chi connectivity index (χ1n) is 8.63. The monoisotopic (exact) mass is 398 g/mol. The maximum Gasteiger partial charge on any atom is 0.263 e. The normalized spacial score (nSPS) is 16.4. The van der Waals surface area contributed by atoms with Crippen LogP contribution in [0.25, 0.3) is 10.2 Å². The standard InChI is InChI=1S/C20H16F2N4OS/c1-2-11-4-3-5-16-18(11)24-20(28-16)25-19(27)17-14(21)8-13(9-15(17)22)26-7-6-12(23)10-26/h1,3-5,8-9,12H,6-7,10,23H2,(H,24,25,27)/t12-/m1/s1. The Balaban J connectivity index is 1.61. The summed E-state index contributed by atoms with van der Waals surface area (Å²) in [6.45, 7) is 1.14. The maximum atomic E-state index is 14.5. The van der Waals surface area contributed by atoms with Gasteiger partial charge in [0.2, 0.25) is 0 Å². The lowest BCUT2D eigenvalue weighted by molar-refractivity contribution is 0.101. The predicted molar refractivity (Wildman–Crippen MR) is 107 cm³/mol. The Kier molecular flexibility index (Phi) is 4.71. The van der Waals surface area contributed by atoms with E-state index in [1.165, 1.54) is 11.3 Å². The van der Waals surface area contributed by atoms with E-state index in [1.807, 2.05) is 0 Å². The molecule has 1 fully saturated rings. The van der Waals surface area contributed by atoms with Gasteiger partial charge in [-0.2, -0.15) is 0 Å². The molecule has 1 aromatic heterocycles. The van der Waals surface area contributed by atoms with Crippen LogP contribution in [0.15, 0.2) is 30.3 Å². The molecular formula is C20H16F2N4OS. The summed E-state index contributed by atoms with van der Waals surface area (Å²) in [5.74, 6) is -0.246. The van der Waals surface area contributed by atoms with Gasteiger partial charge in [-0.05, 0) is 30.7 Å². The third-order valence-electron chi connectivity index (χ3n) is 4.64. The molecule has 1 saturated heterocycles. The van der Waals surface area contributed by atoms with Crippen molar-refractivity contribution in [3.8, 4) is 12.3 Å². The number of halogens is 2. The number of benzene rings is 2. The Morgan fingerprint density at radius 3 is 2.75 bits per heavy atom. The number of fused-ring (bicyclic) bond motifs is 1. The van der Waals surface area contributed by atoms with E-state index < -0.39 is 23.1 Å². The summed E-state index contributed by atoms with van der Waals surface area (Å²) >= 11 is 1.18. The molecule has 5 nitrogen and oxygen atoms in total. The number of carbonyl (C=O) groups is 1. The zero-order valence-electron chi connectivity index (χ0n) is 14.7. The molecule has 28 heavy (non-hydrogen) atoms. The van der Waals surface area contributed by atoms with Gasteiger partial charge in [-0.3, -0.25) is 10.1 Å². The average molecular weight is 398 g/mol. The van der Waals surface area contributed by atoms with Crippen molar-refractivity contribution in [2.24, 2.45) is 5.73 Å². The first kappa shape index (κ1) is 18.3. The second kappa shape index (κ2) is 7.19. The van der Waals surface area contributed by atoms with Crippen molar-refractivity contribution in [1.82, 2.24) is 4.98 Å². The number of amides is 1. The highest BCUT2D eigenvalue weighted by Gasteiger charge is 2.25. The maximum absolute atomic E-state index is 14.5. The van der Waals surface area contributed by atoms with Gasteiger partial charge in [0.15, 0.2) is 5.13 Å². The van der Waals surface area contributed by atoms with Crippen LogP contribution < -0.4 is 16.0 Å². The quantitative estimate of drug-likeness (QED) is 0.664. The second-order valence-corrected chi connectivity index (χ2v) is 7.58. The van der Waals surface area contributed by atoms with Crippen LogP contribution in [0.3, 0.4) is 0 Å². The molecule has 8 heteroatoms. The number of nitrogens with one attached hydrogen (secondary N) is 1.